The van der Waals surface area contributed by atoms with Crippen LogP contribution in [-0.2, 0) is 36.6 Å². The number of rotatable bonds is 7. The Bertz CT molecular complexity index is 1260. The number of nitrogens with two attached hydrogens (primary N) is 1. The molecule has 0 saturated carbocycles. The zero-order chi connectivity index (χ0) is 28.6. The summed E-state index contributed by atoms with van der Waals surface area (Å²) >= 11 is 0. The monoisotopic (exact) mass is 534 g/mol. The molecule has 3 N–H and O–H groups in total. The fourth-order valence-corrected chi connectivity index (χ4v) is 4.57. The number of carbonyl (C=O) groups is 3. The van der Waals surface area contributed by atoms with E-state index in [0.717, 1.165) is 29.6 Å². The summed E-state index contributed by atoms with van der Waals surface area (Å²) in [5.74, 6) is -0.841. The molecule has 2 atom stereocenters. The number of carbonyl (C=O) groups excluding carboxylic acids is 3. The molecule has 208 valence electrons. The van der Waals surface area contributed by atoms with E-state index in [1.165, 1.54) is 30.9 Å². The Morgan fingerprint density at radius 1 is 0.821 bits per heavy atom. The second-order valence-corrected chi connectivity index (χ2v) is 10.4. The molecule has 4 rings (SSSR count). The average molecular weight is 535 g/mol. The number of methoxy groups -OCH3 is 2. The minimum atomic E-state index is -0.771. The molecule has 0 spiro atoms. The lowest BCUT2D eigenvalue weighted by molar-refractivity contribution is -0.143. The van der Waals surface area contributed by atoms with Crippen molar-refractivity contribution in [1.29, 1.82) is 0 Å². The summed E-state index contributed by atoms with van der Waals surface area (Å²) < 4.78 is 14.6. The van der Waals surface area contributed by atoms with Crippen LogP contribution in [-0.4, -0.2) is 49.9 Å². The molecular formula is C31H38N2O6. The maximum atomic E-state index is 12.0. The maximum Gasteiger partial charge on any atom is 0.408 e. The molecule has 8 nitrogen and oxygen atoms in total. The number of hydrogen-bond acceptors (Lipinski definition) is 7. The minimum Gasteiger partial charge on any atom is -0.468 e. The van der Waals surface area contributed by atoms with Crippen LogP contribution in [0.15, 0.2) is 60.7 Å². The van der Waals surface area contributed by atoms with Crippen LogP contribution in [0.4, 0.5) is 4.79 Å². The van der Waals surface area contributed by atoms with E-state index in [2.05, 4.69) is 40.4 Å². The number of nitrogens with one attached hydrogen (secondary N) is 1. The van der Waals surface area contributed by atoms with Crippen molar-refractivity contribution in [3.8, 4) is 0 Å². The van der Waals surface area contributed by atoms with Crippen LogP contribution >= 0.6 is 0 Å². The first kappa shape index (κ1) is 29.6. The molecular weight excluding hydrogens is 496 g/mol. The molecule has 2 aliphatic rings. The molecule has 0 heterocycles. The molecule has 2 aromatic rings. The summed E-state index contributed by atoms with van der Waals surface area (Å²) in [6, 6.07) is 14.9. The van der Waals surface area contributed by atoms with Gasteiger partial charge in [-0.25, -0.2) is 9.59 Å². The van der Waals surface area contributed by atoms with Crippen molar-refractivity contribution in [1.82, 2.24) is 5.32 Å². The standard InChI is InChI=1S/C18H23NO4.C13H15NO2/c1-18(2,3)23-17(21)19-15(16(20)22-4)11-13-10-9-12-7-5-6-8-14(12)13;1-16-13(15)12(14)8-10-7-6-9-4-2-3-5-11(9)10/h5-8,10,15H,9,11H2,1-4H3,(H,19,21);2-5,7,12H,6,8,14H2,1H3. The van der Waals surface area contributed by atoms with Crippen LogP contribution < -0.4 is 11.1 Å². The molecule has 2 aromatic carbocycles. The van der Waals surface area contributed by atoms with Gasteiger partial charge < -0.3 is 25.3 Å². The van der Waals surface area contributed by atoms with Crippen LogP contribution in [0.2, 0.25) is 0 Å². The number of hydrogen-bond donors (Lipinski definition) is 2. The third-order valence-electron chi connectivity index (χ3n) is 6.41. The van der Waals surface area contributed by atoms with Crippen LogP contribution in [0.5, 0.6) is 0 Å². The number of alkyl carbamates (subject to hydrolysis) is 1. The molecule has 2 aliphatic carbocycles. The largest absolute Gasteiger partial charge is 0.468 e. The minimum absolute atomic E-state index is 0.356. The Morgan fingerprint density at radius 3 is 1.79 bits per heavy atom. The van der Waals surface area contributed by atoms with Gasteiger partial charge in [0.1, 0.15) is 17.7 Å². The Kier molecular flexibility index (Phi) is 10.1. The fraction of sp³-hybridized carbons (Fsp3) is 0.387. The Balaban J connectivity index is 0.000000230. The summed E-state index contributed by atoms with van der Waals surface area (Å²) in [7, 11) is 2.67. The summed E-state index contributed by atoms with van der Waals surface area (Å²) in [4.78, 5) is 35.2. The fourth-order valence-electron chi connectivity index (χ4n) is 4.57. The number of esters is 2. The number of amides is 1. The predicted molar refractivity (Wildman–Crippen MR) is 151 cm³/mol. The predicted octanol–water partition coefficient (Wildman–Crippen LogP) is 4.60. The number of fused-ring (bicyclic) bond motifs is 2. The van der Waals surface area contributed by atoms with E-state index < -0.39 is 29.7 Å². The SMILES string of the molecule is COC(=O)C(CC1=CCc2ccccc21)NC(=O)OC(C)(C)C.COC(=O)C(N)CC1=CCc2ccccc21. The van der Waals surface area contributed by atoms with Gasteiger partial charge in [-0.3, -0.25) is 4.79 Å². The van der Waals surface area contributed by atoms with Gasteiger partial charge in [0.15, 0.2) is 0 Å². The first-order valence-electron chi connectivity index (χ1n) is 13.0. The second-order valence-electron chi connectivity index (χ2n) is 10.4. The first-order valence-corrected chi connectivity index (χ1v) is 13.0. The molecule has 0 aliphatic heterocycles. The highest BCUT2D eigenvalue weighted by molar-refractivity contribution is 5.85. The van der Waals surface area contributed by atoms with E-state index in [9.17, 15) is 14.4 Å². The summed E-state index contributed by atoms with van der Waals surface area (Å²) in [6.07, 6.45) is 6.28. The van der Waals surface area contributed by atoms with E-state index >= 15 is 0 Å². The Hall–Kier alpha value is -3.91. The van der Waals surface area contributed by atoms with Crippen molar-refractivity contribution >= 4 is 29.2 Å². The van der Waals surface area contributed by atoms with Crippen molar-refractivity contribution in [2.45, 2.75) is 64.1 Å². The number of benzene rings is 2. The van der Waals surface area contributed by atoms with Gasteiger partial charge in [-0.2, -0.15) is 0 Å². The molecule has 0 saturated heterocycles. The van der Waals surface area contributed by atoms with Crippen LogP contribution in [0.1, 0.15) is 55.9 Å². The zero-order valence-corrected chi connectivity index (χ0v) is 23.3. The third kappa shape index (κ3) is 8.29. The van der Waals surface area contributed by atoms with E-state index in [1.807, 2.05) is 30.3 Å². The second kappa shape index (κ2) is 13.2. The van der Waals surface area contributed by atoms with Gasteiger partial charge in [0.2, 0.25) is 0 Å². The van der Waals surface area contributed by atoms with Gasteiger partial charge in [0.05, 0.1) is 14.2 Å². The van der Waals surface area contributed by atoms with Gasteiger partial charge in [0, 0.05) is 6.42 Å². The van der Waals surface area contributed by atoms with E-state index in [4.69, 9.17) is 15.2 Å². The van der Waals surface area contributed by atoms with Crippen molar-refractivity contribution in [2.24, 2.45) is 5.73 Å². The molecule has 2 unspecified atom stereocenters. The number of ether oxygens (including phenoxy) is 3. The van der Waals surface area contributed by atoms with E-state index in [-0.39, 0.29) is 5.97 Å². The summed E-state index contributed by atoms with van der Waals surface area (Å²) in [6.45, 7) is 5.32. The lowest BCUT2D eigenvalue weighted by Crippen LogP contribution is -2.44. The quantitative estimate of drug-likeness (QED) is 0.394. The normalized spacial score (nSPS) is 14.8. The van der Waals surface area contributed by atoms with Crippen LogP contribution in [0, 0.1) is 0 Å². The Morgan fingerprint density at radius 2 is 1.31 bits per heavy atom. The highest BCUT2D eigenvalue weighted by Crippen LogP contribution is 2.31. The van der Waals surface area contributed by atoms with Gasteiger partial charge >= 0.3 is 18.0 Å². The molecule has 0 fully saturated rings. The van der Waals surface area contributed by atoms with Crippen molar-refractivity contribution in [3.05, 3.63) is 82.9 Å². The highest BCUT2D eigenvalue weighted by atomic mass is 16.6. The first-order chi connectivity index (χ1) is 18.5. The highest BCUT2D eigenvalue weighted by Gasteiger charge is 2.28. The summed E-state index contributed by atoms with van der Waals surface area (Å²) in [5.41, 5.74) is 12.2. The average Bonchev–Trinajstić information content (AvgIpc) is 3.51. The van der Waals surface area contributed by atoms with Gasteiger partial charge in [-0.05, 0) is 73.4 Å². The molecule has 0 aromatic heterocycles. The van der Waals surface area contributed by atoms with Gasteiger partial charge in [-0.15, -0.1) is 0 Å². The zero-order valence-electron chi connectivity index (χ0n) is 23.3. The van der Waals surface area contributed by atoms with Crippen molar-refractivity contribution < 1.29 is 28.6 Å². The van der Waals surface area contributed by atoms with Crippen molar-refractivity contribution in [2.75, 3.05) is 14.2 Å². The number of allylic oxidation sites excluding steroid dienone is 2. The lowest BCUT2D eigenvalue weighted by atomic mass is 10.00. The van der Waals surface area contributed by atoms with Crippen LogP contribution in [0.3, 0.4) is 0 Å². The van der Waals surface area contributed by atoms with Gasteiger partial charge in [-0.1, -0.05) is 60.7 Å². The molecule has 8 heteroatoms. The molecule has 39 heavy (non-hydrogen) atoms. The molecule has 1 amide bonds. The maximum absolute atomic E-state index is 12.0. The van der Waals surface area contributed by atoms with E-state index in [0.29, 0.717) is 12.8 Å². The molecule has 0 radical (unpaired) electrons. The lowest BCUT2D eigenvalue weighted by Gasteiger charge is -2.23. The Labute approximate surface area is 230 Å². The van der Waals surface area contributed by atoms with Crippen LogP contribution in [0.25, 0.3) is 11.1 Å². The van der Waals surface area contributed by atoms with Crippen molar-refractivity contribution in [3.63, 3.8) is 0 Å². The smallest absolute Gasteiger partial charge is 0.408 e. The van der Waals surface area contributed by atoms with E-state index in [1.54, 1.807) is 20.8 Å². The summed E-state index contributed by atoms with van der Waals surface area (Å²) in [5, 5.41) is 2.61. The third-order valence-corrected chi connectivity index (χ3v) is 6.41. The topological polar surface area (TPSA) is 117 Å². The van der Waals surface area contributed by atoms with Gasteiger partial charge in [0.25, 0.3) is 0 Å². The molecule has 0 bridgehead atoms.